The molecule has 1 aromatic carbocycles. The molecule has 0 saturated carbocycles. The molecule has 1 aliphatic carbocycles. The number of terminal acetylenes is 1. The average Bonchev–Trinajstić information content (AvgIpc) is 2.57. The van der Waals surface area contributed by atoms with Crippen molar-refractivity contribution >= 4 is 0 Å². The van der Waals surface area contributed by atoms with Crippen molar-refractivity contribution < 1.29 is 5.11 Å². The molecule has 2 N–H and O–H groups in total. The first-order valence-corrected chi connectivity index (χ1v) is 4.80. The highest BCUT2D eigenvalue weighted by Crippen LogP contribution is 2.32. The van der Waals surface area contributed by atoms with E-state index in [2.05, 4.69) is 11.2 Å². The molecular weight excluding hydrogens is 174 g/mol. The standard InChI is InChI=1S/C12H13NO/c1-2-7-13-12-6-3-9-8-10(14)4-5-11(9)12/h1,4-5,8,12-14H,3,6-7H2/t12-/m1/s1. The van der Waals surface area contributed by atoms with Crippen LogP contribution in [0.25, 0.3) is 0 Å². The lowest BCUT2D eigenvalue weighted by Crippen LogP contribution is -2.19. The minimum Gasteiger partial charge on any atom is -0.508 e. The van der Waals surface area contributed by atoms with Gasteiger partial charge < -0.3 is 5.11 Å². The van der Waals surface area contributed by atoms with E-state index in [4.69, 9.17) is 6.42 Å². The predicted octanol–water partition coefficient (Wildman–Crippen LogP) is 1.60. The van der Waals surface area contributed by atoms with Gasteiger partial charge in [0, 0.05) is 6.04 Å². The largest absolute Gasteiger partial charge is 0.508 e. The van der Waals surface area contributed by atoms with Crippen LogP contribution < -0.4 is 5.32 Å². The molecule has 0 heterocycles. The average molecular weight is 187 g/mol. The SMILES string of the molecule is C#CCN[C@@H]1CCc2cc(O)ccc21. The third-order valence-corrected chi connectivity index (χ3v) is 2.65. The summed E-state index contributed by atoms with van der Waals surface area (Å²) in [6.07, 6.45) is 7.29. The van der Waals surface area contributed by atoms with Crippen LogP contribution in [0.1, 0.15) is 23.6 Å². The molecule has 0 aromatic heterocycles. The molecule has 1 aromatic rings. The van der Waals surface area contributed by atoms with Crippen molar-refractivity contribution in [1.29, 1.82) is 0 Å². The highest BCUT2D eigenvalue weighted by molar-refractivity contribution is 5.40. The first kappa shape index (κ1) is 9.11. The zero-order valence-electron chi connectivity index (χ0n) is 7.96. The number of fused-ring (bicyclic) bond motifs is 1. The predicted molar refractivity (Wildman–Crippen MR) is 56.0 cm³/mol. The minimum absolute atomic E-state index is 0.348. The second kappa shape index (κ2) is 3.73. The third-order valence-electron chi connectivity index (χ3n) is 2.65. The summed E-state index contributed by atoms with van der Waals surface area (Å²) in [7, 11) is 0. The van der Waals surface area contributed by atoms with E-state index in [9.17, 15) is 5.11 Å². The number of aromatic hydroxyl groups is 1. The lowest BCUT2D eigenvalue weighted by molar-refractivity contribution is 0.474. The van der Waals surface area contributed by atoms with Gasteiger partial charge >= 0.3 is 0 Å². The van der Waals surface area contributed by atoms with Crippen LogP contribution in [0.3, 0.4) is 0 Å². The van der Waals surface area contributed by atoms with Gasteiger partial charge in [0.2, 0.25) is 0 Å². The van der Waals surface area contributed by atoms with Gasteiger partial charge in [0.25, 0.3) is 0 Å². The number of aryl methyl sites for hydroxylation is 1. The van der Waals surface area contributed by atoms with E-state index in [1.807, 2.05) is 12.1 Å². The van der Waals surface area contributed by atoms with E-state index in [1.165, 1.54) is 11.1 Å². The van der Waals surface area contributed by atoms with Gasteiger partial charge in [-0.25, -0.2) is 0 Å². The molecule has 2 rings (SSSR count). The highest BCUT2D eigenvalue weighted by Gasteiger charge is 2.21. The number of hydrogen-bond donors (Lipinski definition) is 2. The molecule has 2 nitrogen and oxygen atoms in total. The van der Waals surface area contributed by atoms with Gasteiger partial charge in [-0.2, -0.15) is 0 Å². The van der Waals surface area contributed by atoms with Gasteiger partial charge in [-0.1, -0.05) is 12.0 Å². The zero-order chi connectivity index (χ0) is 9.97. The normalized spacial score (nSPS) is 18.9. The topological polar surface area (TPSA) is 32.3 Å². The Hall–Kier alpha value is -1.46. The summed E-state index contributed by atoms with van der Waals surface area (Å²) in [4.78, 5) is 0. The molecule has 2 heteroatoms. The van der Waals surface area contributed by atoms with Crippen LogP contribution in [0.2, 0.25) is 0 Å². The number of nitrogens with one attached hydrogen (secondary N) is 1. The summed E-state index contributed by atoms with van der Waals surface area (Å²) in [6, 6.07) is 5.91. The maximum Gasteiger partial charge on any atom is 0.115 e. The quantitative estimate of drug-likeness (QED) is 0.689. The van der Waals surface area contributed by atoms with Gasteiger partial charge in [-0.15, -0.1) is 6.42 Å². The van der Waals surface area contributed by atoms with E-state index in [0.29, 0.717) is 18.3 Å². The number of rotatable bonds is 2. The monoisotopic (exact) mass is 187 g/mol. The second-order valence-electron chi connectivity index (χ2n) is 3.56. The molecule has 14 heavy (non-hydrogen) atoms. The molecule has 1 aliphatic rings. The Bertz CT molecular complexity index is 378. The zero-order valence-corrected chi connectivity index (χ0v) is 7.96. The molecule has 0 fully saturated rings. The lowest BCUT2D eigenvalue weighted by atomic mass is 10.1. The second-order valence-corrected chi connectivity index (χ2v) is 3.56. The number of phenols is 1. The van der Waals surface area contributed by atoms with E-state index in [1.54, 1.807) is 6.07 Å². The van der Waals surface area contributed by atoms with Gasteiger partial charge in [-0.05, 0) is 36.1 Å². The van der Waals surface area contributed by atoms with E-state index < -0.39 is 0 Å². The molecule has 0 radical (unpaired) electrons. The van der Waals surface area contributed by atoms with Crippen molar-refractivity contribution in [3.63, 3.8) is 0 Å². The smallest absolute Gasteiger partial charge is 0.115 e. The van der Waals surface area contributed by atoms with Crippen LogP contribution in [-0.2, 0) is 6.42 Å². The van der Waals surface area contributed by atoms with Crippen molar-refractivity contribution in [2.24, 2.45) is 0 Å². The first-order valence-electron chi connectivity index (χ1n) is 4.80. The lowest BCUT2D eigenvalue weighted by Gasteiger charge is -2.11. The molecule has 1 atom stereocenters. The Morgan fingerprint density at radius 1 is 1.57 bits per heavy atom. The number of hydrogen-bond acceptors (Lipinski definition) is 2. The first-order chi connectivity index (χ1) is 6.81. The fraction of sp³-hybridized carbons (Fsp3) is 0.333. The number of phenolic OH excluding ortho intramolecular Hbond substituents is 1. The summed E-state index contributed by atoms with van der Waals surface area (Å²) in [5.41, 5.74) is 2.51. The van der Waals surface area contributed by atoms with Crippen LogP contribution in [-0.4, -0.2) is 11.7 Å². The van der Waals surface area contributed by atoms with Crippen LogP contribution >= 0.6 is 0 Å². The fourth-order valence-electron chi connectivity index (χ4n) is 2.00. The van der Waals surface area contributed by atoms with Gasteiger partial charge in [-0.3, -0.25) is 5.32 Å². The van der Waals surface area contributed by atoms with E-state index >= 15 is 0 Å². The molecule has 0 spiro atoms. The molecule has 72 valence electrons. The molecule has 0 unspecified atom stereocenters. The summed E-state index contributed by atoms with van der Waals surface area (Å²) < 4.78 is 0. The number of benzene rings is 1. The Balaban J connectivity index is 2.19. The molecular formula is C12H13NO. The maximum absolute atomic E-state index is 9.31. The van der Waals surface area contributed by atoms with E-state index in [0.717, 1.165) is 12.8 Å². The minimum atomic E-state index is 0.348. The summed E-state index contributed by atoms with van der Waals surface area (Å²) in [5, 5.41) is 12.6. The molecule has 0 saturated heterocycles. The van der Waals surface area contributed by atoms with Gasteiger partial charge in [0.1, 0.15) is 5.75 Å². The van der Waals surface area contributed by atoms with Crippen LogP contribution in [0.5, 0.6) is 5.75 Å². The Morgan fingerprint density at radius 3 is 3.21 bits per heavy atom. The van der Waals surface area contributed by atoms with E-state index in [-0.39, 0.29) is 0 Å². The van der Waals surface area contributed by atoms with Gasteiger partial charge in [0.05, 0.1) is 6.54 Å². The Kier molecular flexibility index (Phi) is 2.43. The Labute approximate surface area is 84.0 Å². The van der Waals surface area contributed by atoms with Crippen LogP contribution in [0, 0.1) is 12.3 Å². The van der Waals surface area contributed by atoms with Crippen molar-refractivity contribution in [2.75, 3.05) is 6.54 Å². The van der Waals surface area contributed by atoms with Crippen molar-refractivity contribution in [3.8, 4) is 18.1 Å². The molecule has 0 aliphatic heterocycles. The third kappa shape index (κ3) is 1.59. The maximum atomic E-state index is 9.31. The van der Waals surface area contributed by atoms with Crippen molar-refractivity contribution in [1.82, 2.24) is 5.32 Å². The summed E-state index contributed by atoms with van der Waals surface area (Å²) in [5.74, 6) is 2.92. The molecule has 0 bridgehead atoms. The molecule has 0 amide bonds. The van der Waals surface area contributed by atoms with Crippen LogP contribution in [0.4, 0.5) is 0 Å². The summed E-state index contributed by atoms with van der Waals surface area (Å²) >= 11 is 0. The van der Waals surface area contributed by atoms with Gasteiger partial charge in [0.15, 0.2) is 0 Å². The van der Waals surface area contributed by atoms with Crippen molar-refractivity contribution in [3.05, 3.63) is 29.3 Å². The highest BCUT2D eigenvalue weighted by atomic mass is 16.3. The van der Waals surface area contributed by atoms with Crippen LogP contribution in [0.15, 0.2) is 18.2 Å². The van der Waals surface area contributed by atoms with Crippen molar-refractivity contribution in [2.45, 2.75) is 18.9 Å². The fourth-order valence-corrected chi connectivity index (χ4v) is 2.00. The summed E-state index contributed by atoms with van der Waals surface area (Å²) in [6.45, 7) is 0.602. The Morgan fingerprint density at radius 2 is 2.43 bits per heavy atom.